The number of hydrazine groups is 1. The van der Waals surface area contributed by atoms with Gasteiger partial charge in [0.1, 0.15) is 0 Å². The zero-order valence-corrected chi connectivity index (χ0v) is 5.18. The first kappa shape index (κ1) is 6.51. The van der Waals surface area contributed by atoms with Crippen LogP contribution in [0, 0.1) is 0 Å². The second kappa shape index (κ2) is 2.80. The van der Waals surface area contributed by atoms with Gasteiger partial charge < -0.3 is 5.73 Å². The van der Waals surface area contributed by atoms with Crippen LogP contribution in [0.2, 0.25) is 0 Å². The van der Waals surface area contributed by atoms with Gasteiger partial charge in [-0.1, -0.05) is 0 Å². The van der Waals surface area contributed by atoms with E-state index in [0.29, 0.717) is 0 Å². The van der Waals surface area contributed by atoms with E-state index in [1.54, 1.807) is 0 Å². The van der Waals surface area contributed by atoms with Gasteiger partial charge in [0.25, 0.3) is 0 Å². The maximum atomic E-state index is 10.5. The quantitative estimate of drug-likeness (QED) is 0.413. The van der Waals surface area contributed by atoms with Gasteiger partial charge in [0.2, 0.25) is 5.91 Å². The van der Waals surface area contributed by atoms with Crippen LogP contribution >= 0.6 is 0 Å². The van der Waals surface area contributed by atoms with Crippen molar-refractivity contribution >= 4 is 5.91 Å². The van der Waals surface area contributed by atoms with Crippen molar-refractivity contribution in [3.05, 3.63) is 0 Å². The highest BCUT2D eigenvalue weighted by Crippen LogP contribution is 1.97. The Morgan fingerprint density at radius 2 is 2.44 bits per heavy atom. The standard InChI is InChI=1S/C5H11N3O/c6-5(9)4-2-1-3-7-8-4/h4,7-8H,1-3H2,(H2,6,9). The summed E-state index contributed by atoms with van der Waals surface area (Å²) in [6, 6.07) is -0.168. The summed E-state index contributed by atoms with van der Waals surface area (Å²) in [5, 5.41) is 0. The van der Waals surface area contributed by atoms with Gasteiger partial charge in [0, 0.05) is 6.54 Å². The fourth-order valence-corrected chi connectivity index (χ4v) is 0.876. The summed E-state index contributed by atoms with van der Waals surface area (Å²) in [6.45, 7) is 0.920. The van der Waals surface area contributed by atoms with Gasteiger partial charge in [-0.3, -0.25) is 10.2 Å². The Balaban J connectivity index is 2.31. The predicted molar refractivity (Wildman–Crippen MR) is 33.4 cm³/mol. The first-order valence-electron chi connectivity index (χ1n) is 3.08. The zero-order valence-electron chi connectivity index (χ0n) is 5.18. The molecule has 4 nitrogen and oxygen atoms in total. The molecule has 0 bridgehead atoms. The van der Waals surface area contributed by atoms with Crippen molar-refractivity contribution in [1.29, 1.82) is 0 Å². The third-order valence-electron chi connectivity index (χ3n) is 1.41. The average Bonchev–Trinajstić information content (AvgIpc) is 1.90. The molecule has 0 aromatic heterocycles. The number of hydrogen-bond donors (Lipinski definition) is 3. The molecule has 0 radical (unpaired) electrons. The average molecular weight is 129 g/mol. The van der Waals surface area contributed by atoms with Gasteiger partial charge in [0.15, 0.2) is 0 Å². The number of carbonyl (C=O) groups excluding carboxylic acids is 1. The van der Waals surface area contributed by atoms with Gasteiger partial charge in [0.05, 0.1) is 6.04 Å². The van der Waals surface area contributed by atoms with Crippen molar-refractivity contribution in [2.24, 2.45) is 5.73 Å². The second-order valence-corrected chi connectivity index (χ2v) is 2.17. The van der Waals surface area contributed by atoms with Crippen LogP contribution in [-0.4, -0.2) is 18.5 Å². The molecule has 1 saturated heterocycles. The minimum absolute atomic E-state index is 0.168. The summed E-state index contributed by atoms with van der Waals surface area (Å²) in [5.74, 6) is -0.276. The highest BCUT2D eigenvalue weighted by atomic mass is 16.1. The summed E-state index contributed by atoms with van der Waals surface area (Å²) in [4.78, 5) is 10.5. The van der Waals surface area contributed by atoms with E-state index in [0.717, 1.165) is 19.4 Å². The molecule has 1 fully saturated rings. The Bertz CT molecular complexity index is 109. The number of carbonyl (C=O) groups is 1. The summed E-state index contributed by atoms with van der Waals surface area (Å²) in [6.07, 6.45) is 1.86. The molecule has 0 aliphatic carbocycles. The molecule has 4 N–H and O–H groups in total. The molecule has 52 valence electrons. The number of hydrogen-bond acceptors (Lipinski definition) is 3. The molecular weight excluding hydrogens is 118 g/mol. The Kier molecular flexibility index (Phi) is 2.02. The molecule has 1 aliphatic heterocycles. The van der Waals surface area contributed by atoms with Crippen LogP contribution in [0.15, 0.2) is 0 Å². The first-order valence-corrected chi connectivity index (χ1v) is 3.08. The fraction of sp³-hybridized carbons (Fsp3) is 0.800. The van der Waals surface area contributed by atoms with Crippen LogP contribution in [0.3, 0.4) is 0 Å². The molecule has 1 rings (SSSR count). The largest absolute Gasteiger partial charge is 0.368 e. The molecule has 1 heterocycles. The third-order valence-corrected chi connectivity index (χ3v) is 1.41. The fourth-order valence-electron chi connectivity index (χ4n) is 0.876. The number of nitrogens with two attached hydrogens (primary N) is 1. The van der Waals surface area contributed by atoms with Crippen LogP contribution in [0.1, 0.15) is 12.8 Å². The number of nitrogens with one attached hydrogen (secondary N) is 2. The monoisotopic (exact) mass is 129 g/mol. The van der Waals surface area contributed by atoms with Crippen molar-refractivity contribution in [1.82, 2.24) is 10.9 Å². The number of rotatable bonds is 1. The Hall–Kier alpha value is -0.610. The van der Waals surface area contributed by atoms with E-state index in [9.17, 15) is 4.79 Å². The van der Waals surface area contributed by atoms with Gasteiger partial charge in [-0.25, -0.2) is 5.43 Å². The molecule has 0 saturated carbocycles. The normalized spacial score (nSPS) is 27.8. The van der Waals surface area contributed by atoms with Crippen molar-refractivity contribution in [2.75, 3.05) is 6.54 Å². The van der Waals surface area contributed by atoms with Crippen LogP contribution in [0.25, 0.3) is 0 Å². The van der Waals surface area contributed by atoms with E-state index < -0.39 is 0 Å². The molecule has 1 unspecified atom stereocenters. The van der Waals surface area contributed by atoms with Gasteiger partial charge in [-0.15, -0.1) is 0 Å². The van der Waals surface area contributed by atoms with Crippen LogP contribution in [0.5, 0.6) is 0 Å². The van der Waals surface area contributed by atoms with Crippen molar-refractivity contribution in [2.45, 2.75) is 18.9 Å². The molecule has 0 aromatic carbocycles. The number of amides is 1. The lowest BCUT2D eigenvalue weighted by atomic mass is 10.1. The maximum absolute atomic E-state index is 10.5. The van der Waals surface area contributed by atoms with Crippen LogP contribution in [-0.2, 0) is 4.79 Å². The molecular formula is C5H11N3O. The van der Waals surface area contributed by atoms with E-state index in [1.807, 2.05) is 0 Å². The third kappa shape index (κ3) is 1.65. The first-order chi connectivity index (χ1) is 4.30. The van der Waals surface area contributed by atoms with Gasteiger partial charge in [-0.2, -0.15) is 0 Å². The summed E-state index contributed by atoms with van der Waals surface area (Å²) in [7, 11) is 0. The van der Waals surface area contributed by atoms with Gasteiger partial charge >= 0.3 is 0 Å². The molecule has 9 heavy (non-hydrogen) atoms. The molecule has 1 atom stereocenters. The summed E-state index contributed by atoms with van der Waals surface area (Å²) in [5.41, 5.74) is 10.7. The van der Waals surface area contributed by atoms with Crippen molar-refractivity contribution in [3.8, 4) is 0 Å². The lowest BCUT2D eigenvalue weighted by molar-refractivity contribution is -0.120. The predicted octanol–water partition coefficient (Wildman–Crippen LogP) is -1.27. The van der Waals surface area contributed by atoms with E-state index >= 15 is 0 Å². The summed E-state index contributed by atoms with van der Waals surface area (Å²) >= 11 is 0. The highest BCUT2D eigenvalue weighted by molar-refractivity contribution is 5.79. The zero-order chi connectivity index (χ0) is 6.69. The lowest BCUT2D eigenvalue weighted by Gasteiger charge is -2.20. The van der Waals surface area contributed by atoms with E-state index in [-0.39, 0.29) is 11.9 Å². The second-order valence-electron chi connectivity index (χ2n) is 2.17. The smallest absolute Gasteiger partial charge is 0.235 e. The van der Waals surface area contributed by atoms with E-state index in [2.05, 4.69) is 10.9 Å². The van der Waals surface area contributed by atoms with Crippen molar-refractivity contribution < 1.29 is 4.79 Å². The Labute approximate surface area is 53.8 Å². The SMILES string of the molecule is NC(=O)C1CCCNN1. The minimum Gasteiger partial charge on any atom is -0.368 e. The van der Waals surface area contributed by atoms with Crippen LogP contribution in [0.4, 0.5) is 0 Å². The van der Waals surface area contributed by atoms with Gasteiger partial charge in [-0.05, 0) is 12.8 Å². The topological polar surface area (TPSA) is 67.2 Å². The molecule has 4 heteroatoms. The van der Waals surface area contributed by atoms with E-state index in [1.165, 1.54) is 0 Å². The molecule has 0 spiro atoms. The molecule has 1 aliphatic rings. The maximum Gasteiger partial charge on any atom is 0.235 e. The Morgan fingerprint density at radius 3 is 2.78 bits per heavy atom. The molecule has 1 amide bonds. The Morgan fingerprint density at radius 1 is 1.67 bits per heavy atom. The summed E-state index contributed by atoms with van der Waals surface area (Å²) < 4.78 is 0. The van der Waals surface area contributed by atoms with Crippen molar-refractivity contribution in [3.63, 3.8) is 0 Å². The minimum atomic E-state index is -0.276. The lowest BCUT2D eigenvalue weighted by Crippen LogP contribution is -2.52. The molecule has 0 aromatic rings. The highest BCUT2D eigenvalue weighted by Gasteiger charge is 2.16. The van der Waals surface area contributed by atoms with E-state index in [4.69, 9.17) is 5.73 Å². The van der Waals surface area contributed by atoms with Crippen LogP contribution < -0.4 is 16.6 Å². The number of primary amides is 1.